The van der Waals surface area contributed by atoms with Crippen molar-refractivity contribution in [3.05, 3.63) is 109 Å². The van der Waals surface area contributed by atoms with Crippen LogP contribution in [-0.4, -0.2) is 53.0 Å². The fourth-order valence-electron chi connectivity index (χ4n) is 3.35. The van der Waals surface area contributed by atoms with Crippen molar-refractivity contribution >= 4 is 67.2 Å². The standard InChI is InChI=1S/C24H17N3O3S.Na.H/c28-31(29,20-12-5-2-6-13-20)30-17-23(19-10-3-1-4-11-19)27-25-22-16-15-18-9-7-8-14-21(18)24(22)26-27;;/h1-17H;;. The molecule has 1 aromatic heterocycles. The fourth-order valence-corrected chi connectivity index (χ4v) is 4.17. The molecule has 4 aromatic carbocycles. The molecule has 0 fully saturated rings. The molecule has 0 saturated carbocycles. The first-order valence-electron chi connectivity index (χ1n) is 9.61. The average Bonchev–Trinajstić information content (AvgIpc) is 3.25. The van der Waals surface area contributed by atoms with E-state index in [1.165, 1.54) is 23.2 Å². The van der Waals surface area contributed by atoms with Crippen molar-refractivity contribution in [3.8, 4) is 0 Å². The molecule has 0 aliphatic rings. The Morgan fingerprint density at radius 1 is 0.781 bits per heavy atom. The number of nitrogens with zero attached hydrogens (tertiary/aromatic N) is 3. The first kappa shape index (κ1) is 22.2. The van der Waals surface area contributed by atoms with Crippen molar-refractivity contribution in [1.29, 1.82) is 0 Å². The van der Waals surface area contributed by atoms with Crippen molar-refractivity contribution in [2.75, 3.05) is 0 Å². The summed E-state index contributed by atoms with van der Waals surface area (Å²) in [5, 5.41) is 11.2. The van der Waals surface area contributed by atoms with Gasteiger partial charge in [-0.1, -0.05) is 78.9 Å². The van der Waals surface area contributed by atoms with Crippen LogP contribution >= 0.6 is 0 Å². The molecule has 154 valence electrons. The molecule has 0 atom stereocenters. The topological polar surface area (TPSA) is 74.1 Å². The molecule has 0 spiro atoms. The normalized spacial score (nSPS) is 11.9. The summed E-state index contributed by atoms with van der Waals surface area (Å²) in [5.74, 6) is 0. The Morgan fingerprint density at radius 2 is 1.44 bits per heavy atom. The van der Waals surface area contributed by atoms with Gasteiger partial charge in [0.25, 0.3) is 0 Å². The molecule has 0 bridgehead atoms. The fraction of sp³-hybridized carbons (Fsp3) is 0. The molecule has 5 aromatic rings. The Kier molecular flexibility index (Phi) is 6.43. The van der Waals surface area contributed by atoms with Gasteiger partial charge in [-0.15, -0.1) is 15.0 Å². The Labute approximate surface area is 207 Å². The summed E-state index contributed by atoms with van der Waals surface area (Å²) >= 11 is 0. The van der Waals surface area contributed by atoms with E-state index < -0.39 is 10.1 Å². The molecule has 0 aliphatic heterocycles. The molecule has 8 heteroatoms. The van der Waals surface area contributed by atoms with E-state index in [0.717, 1.165) is 21.9 Å². The molecule has 32 heavy (non-hydrogen) atoms. The van der Waals surface area contributed by atoms with Crippen LogP contribution in [0.1, 0.15) is 5.56 Å². The van der Waals surface area contributed by atoms with Gasteiger partial charge in [0.05, 0.1) is 0 Å². The second-order valence-electron chi connectivity index (χ2n) is 6.88. The number of benzene rings is 4. The number of hydrogen-bond acceptors (Lipinski definition) is 5. The van der Waals surface area contributed by atoms with E-state index in [2.05, 4.69) is 10.2 Å². The second kappa shape index (κ2) is 9.26. The van der Waals surface area contributed by atoms with Gasteiger partial charge in [-0.25, -0.2) is 0 Å². The monoisotopic (exact) mass is 451 g/mol. The Morgan fingerprint density at radius 3 is 2.19 bits per heavy atom. The zero-order chi connectivity index (χ0) is 21.3. The van der Waals surface area contributed by atoms with Crippen LogP contribution in [0.25, 0.3) is 27.5 Å². The van der Waals surface area contributed by atoms with E-state index in [0.29, 0.717) is 11.2 Å². The summed E-state index contributed by atoms with van der Waals surface area (Å²) < 4.78 is 30.5. The van der Waals surface area contributed by atoms with Crippen molar-refractivity contribution in [2.24, 2.45) is 0 Å². The molecule has 0 saturated heterocycles. The number of fused-ring (bicyclic) bond motifs is 3. The predicted molar refractivity (Wildman–Crippen MR) is 127 cm³/mol. The maximum absolute atomic E-state index is 12.6. The van der Waals surface area contributed by atoms with Gasteiger partial charge in [0.2, 0.25) is 0 Å². The van der Waals surface area contributed by atoms with Crippen LogP contribution in [0.2, 0.25) is 0 Å². The minimum absolute atomic E-state index is 0. The summed E-state index contributed by atoms with van der Waals surface area (Å²) in [6.07, 6.45) is 1.18. The van der Waals surface area contributed by atoms with Crippen molar-refractivity contribution in [3.63, 3.8) is 0 Å². The van der Waals surface area contributed by atoms with Crippen LogP contribution in [0.15, 0.2) is 108 Å². The Hall–Kier alpha value is -2.97. The summed E-state index contributed by atoms with van der Waals surface area (Å²) in [6.45, 7) is 0. The molecule has 6 nitrogen and oxygen atoms in total. The van der Waals surface area contributed by atoms with Gasteiger partial charge in [-0.2, -0.15) is 8.42 Å². The van der Waals surface area contributed by atoms with E-state index in [4.69, 9.17) is 4.18 Å². The van der Waals surface area contributed by atoms with Crippen LogP contribution in [0.5, 0.6) is 0 Å². The van der Waals surface area contributed by atoms with Gasteiger partial charge >= 0.3 is 39.7 Å². The molecule has 0 unspecified atom stereocenters. The van der Waals surface area contributed by atoms with E-state index in [1.807, 2.05) is 66.7 Å². The van der Waals surface area contributed by atoms with E-state index in [9.17, 15) is 8.42 Å². The molecule has 0 aliphatic carbocycles. The van der Waals surface area contributed by atoms with Crippen LogP contribution < -0.4 is 0 Å². The van der Waals surface area contributed by atoms with Crippen molar-refractivity contribution in [1.82, 2.24) is 15.0 Å². The Bertz CT molecular complexity index is 1520. The first-order valence-corrected chi connectivity index (χ1v) is 11.0. The molecule has 0 radical (unpaired) electrons. The first-order chi connectivity index (χ1) is 15.1. The van der Waals surface area contributed by atoms with Gasteiger partial charge in [0.15, 0.2) is 0 Å². The summed E-state index contributed by atoms with van der Waals surface area (Å²) in [7, 11) is -3.98. The zero-order valence-corrected chi connectivity index (χ0v) is 17.1. The van der Waals surface area contributed by atoms with Crippen LogP contribution in [0.3, 0.4) is 0 Å². The van der Waals surface area contributed by atoms with Gasteiger partial charge in [-0.05, 0) is 23.6 Å². The molecule has 0 amide bonds. The Balaban J connectivity index is 0.00000245. The van der Waals surface area contributed by atoms with Crippen LogP contribution in [-0.2, 0) is 14.3 Å². The molecule has 0 N–H and O–H groups in total. The molecular formula is C24H18N3NaO3S. The molecule has 5 rings (SSSR count). The number of hydrogen-bond donors (Lipinski definition) is 0. The third-order valence-corrected chi connectivity index (χ3v) is 6.08. The number of aromatic nitrogens is 3. The second-order valence-corrected chi connectivity index (χ2v) is 8.45. The summed E-state index contributed by atoms with van der Waals surface area (Å²) in [6, 6.07) is 29.1. The molecular weight excluding hydrogens is 433 g/mol. The van der Waals surface area contributed by atoms with E-state index >= 15 is 0 Å². The van der Waals surface area contributed by atoms with Crippen molar-refractivity contribution < 1.29 is 12.6 Å². The third kappa shape index (κ3) is 4.33. The number of rotatable bonds is 5. The quantitative estimate of drug-likeness (QED) is 0.228. The predicted octanol–water partition coefficient (Wildman–Crippen LogP) is 4.19. The molecule has 1 heterocycles. The van der Waals surface area contributed by atoms with Crippen molar-refractivity contribution in [2.45, 2.75) is 4.90 Å². The maximum atomic E-state index is 12.6. The van der Waals surface area contributed by atoms with Gasteiger partial charge < -0.3 is 4.18 Å². The van der Waals surface area contributed by atoms with Gasteiger partial charge in [0, 0.05) is 10.9 Å². The van der Waals surface area contributed by atoms with Crippen LogP contribution in [0, 0.1) is 0 Å². The van der Waals surface area contributed by atoms with E-state index in [-0.39, 0.29) is 34.5 Å². The van der Waals surface area contributed by atoms with Gasteiger partial charge in [-0.3, -0.25) is 0 Å². The van der Waals surface area contributed by atoms with Gasteiger partial charge in [0.1, 0.15) is 27.9 Å². The summed E-state index contributed by atoms with van der Waals surface area (Å²) in [4.78, 5) is 1.48. The average molecular weight is 451 g/mol. The minimum atomic E-state index is -3.98. The zero-order valence-electron chi connectivity index (χ0n) is 16.3. The SMILES string of the molecule is O=S(=O)(OC=C(c1ccccc1)n1nc2ccc3ccccc3c2n1)c1ccccc1.[NaH]. The van der Waals surface area contributed by atoms with E-state index in [1.54, 1.807) is 18.2 Å². The summed E-state index contributed by atoms with van der Waals surface area (Å²) in [5.41, 5.74) is 2.55. The third-order valence-electron chi connectivity index (χ3n) is 4.88. The van der Waals surface area contributed by atoms with Crippen LogP contribution in [0.4, 0.5) is 0 Å².